The first kappa shape index (κ1) is 16.0. The number of anilines is 1. The highest BCUT2D eigenvalue weighted by atomic mass is 16.5. The molecule has 1 heterocycles. The summed E-state index contributed by atoms with van der Waals surface area (Å²) in [5.41, 5.74) is 2.56. The number of rotatable bonds is 5. The Morgan fingerprint density at radius 2 is 2.00 bits per heavy atom. The van der Waals surface area contributed by atoms with Crippen molar-refractivity contribution in [1.29, 1.82) is 0 Å². The molecule has 0 unspecified atom stereocenters. The standard InChI is InChI=1S/C12H17N3O.C2H6/c1-6-8-10(7-2)15-12(16-5)11(13-4)9(3)14-15;1-2/h6-8,13H,1-2H2,3-5H3;1-2H3/b10-8+;. The number of nitrogens with one attached hydrogen (secondary N) is 1. The molecule has 1 N–H and O–H groups in total. The molecule has 0 aromatic carbocycles. The maximum absolute atomic E-state index is 5.33. The Morgan fingerprint density at radius 1 is 1.39 bits per heavy atom. The third kappa shape index (κ3) is 3.26. The normalized spacial score (nSPS) is 10.2. The fourth-order valence-electron chi connectivity index (χ4n) is 1.50. The lowest BCUT2D eigenvalue weighted by molar-refractivity contribution is 0.387. The van der Waals surface area contributed by atoms with Gasteiger partial charge in [0.05, 0.1) is 18.5 Å². The van der Waals surface area contributed by atoms with Crippen LogP contribution in [0.15, 0.2) is 31.4 Å². The molecule has 0 atom stereocenters. The van der Waals surface area contributed by atoms with Crippen molar-refractivity contribution in [2.24, 2.45) is 0 Å². The molecule has 0 radical (unpaired) electrons. The molecule has 0 bridgehead atoms. The van der Waals surface area contributed by atoms with E-state index in [0.717, 1.165) is 17.1 Å². The van der Waals surface area contributed by atoms with Gasteiger partial charge in [0.15, 0.2) is 0 Å². The van der Waals surface area contributed by atoms with Gasteiger partial charge < -0.3 is 10.1 Å². The number of methoxy groups -OCH3 is 1. The van der Waals surface area contributed by atoms with E-state index in [4.69, 9.17) is 4.74 Å². The maximum Gasteiger partial charge on any atom is 0.240 e. The quantitative estimate of drug-likeness (QED) is 0.812. The molecule has 1 rings (SSSR count). The Hall–Kier alpha value is -1.97. The largest absolute Gasteiger partial charge is 0.479 e. The van der Waals surface area contributed by atoms with Crippen LogP contribution in [0.2, 0.25) is 0 Å². The molecule has 0 aliphatic carbocycles. The van der Waals surface area contributed by atoms with Gasteiger partial charge in [-0.2, -0.15) is 9.78 Å². The highest BCUT2D eigenvalue weighted by Crippen LogP contribution is 2.30. The molecule has 0 saturated heterocycles. The molecule has 100 valence electrons. The van der Waals surface area contributed by atoms with Gasteiger partial charge in [-0.15, -0.1) is 0 Å². The molecule has 4 nitrogen and oxygen atoms in total. The molecule has 1 aromatic heterocycles. The number of allylic oxidation sites excluding steroid dienone is 4. The Labute approximate surface area is 110 Å². The summed E-state index contributed by atoms with van der Waals surface area (Å²) >= 11 is 0. The SMILES string of the molecule is C=C/C=C(\C=C)n1nc(C)c(NC)c1OC.CC. The first-order valence-electron chi connectivity index (χ1n) is 5.96. The van der Waals surface area contributed by atoms with Crippen molar-refractivity contribution in [2.45, 2.75) is 20.8 Å². The number of aryl methyl sites for hydroxylation is 1. The minimum absolute atomic E-state index is 0.660. The molecule has 0 aliphatic heterocycles. The van der Waals surface area contributed by atoms with Gasteiger partial charge in [-0.3, -0.25) is 0 Å². The van der Waals surface area contributed by atoms with Crippen molar-refractivity contribution in [2.75, 3.05) is 19.5 Å². The number of ether oxygens (including phenoxy) is 1. The van der Waals surface area contributed by atoms with Gasteiger partial charge in [0.1, 0.15) is 5.69 Å². The molecule has 18 heavy (non-hydrogen) atoms. The maximum atomic E-state index is 5.33. The van der Waals surface area contributed by atoms with Crippen LogP contribution in [-0.4, -0.2) is 23.9 Å². The van der Waals surface area contributed by atoms with E-state index in [0.29, 0.717) is 5.88 Å². The van der Waals surface area contributed by atoms with E-state index in [9.17, 15) is 0 Å². The summed E-state index contributed by atoms with van der Waals surface area (Å²) in [6.45, 7) is 13.3. The van der Waals surface area contributed by atoms with E-state index in [1.807, 2.05) is 33.9 Å². The summed E-state index contributed by atoms with van der Waals surface area (Å²) in [5.74, 6) is 0.660. The van der Waals surface area contributed by atoms with Crippen molar-refractivity contribution >= 4 is 11.4 Å². The molecule has 0 saturated carbocycles. The zero-order valence-electron chi connectivity index (χ0n) is 11.9. The Balaban J connectivity index is 0.00000137. The Bertz CT molecular complexity index is 430. The molecular weight excluding hydrogens is 226 g/mol. The smallest absolute Gasteiger partial charge is 0.240 e. The Kier molecular flexibility index (Phi) is 7.28. The average molecular weight is 249 g/mol. The predicted octanol–water partition coefficient (Wildman–Crippen LogP) is 3.48. The van der Waals surface area contributed by atoms with Crippen molar-refractivity contribution in [1.82, 2.24) is 9.78 Å². The fraction of sp³-hybridized carbons (Fsp3) is 0.357. The van der Waals surface area contributed by atoms with Crippen LogP contribution >= 0.6 is 0 Å². The van der Waals surface area contributed by atoms with E-state index in [1.165, 1.54) is 0 Å². The van der Waals surface area contributed by atoms with E-state index in [1.54, 1.807) is 23.9 Å². The summed E-state index contributed by atoms with van der Waals surface area (Å²) in [6, 6.07) is 0. The van der Waals surface area contributed by atoms with E-state index < -0.39 is 0 Å². The summed E-state index contributed by atoms with van der Waals surface area (Å²) < 4.78 is 7.02. The van der Waals surface area contributed by atoms with Gasteiger partial charge in [0.25, 0.3) is 0 Å². The van der Waals surface area contributed by atoms with Crippen LogP contribution in [0, 0.1) is 6.92 Å². The van der Waals surface area contributed by atoms with Crippen LogP contribution in [0.25, 0.3) is 5.70 Å². The monoisotopic (exact) mass is 249 g/mol. The van der Waals surface area contributed by atoms with Gasteiger partial charge in [-0.1, -0.05) is 33.1 Å². The highest BCUT2D eigenvalue weighted by Gasteiger charge is 2.15. The first-order chi connectivity index (χ1) is 8.69. The zero-order chi connectivity index (χ0) is 14.1. The number of hydrogen-bond donors (Lipinski definition) is 1. The topological polar surface area (TPSA) is 39.1 Å². The lowest BCUT2D eigenvalue weighted by Gasteiger charge is -2.07. The van der Waals surface area contributed by atoms with Gasteiger partial charge in [0.2, 0.25) is 5.88 Å². The van der Waals surface area contributed by atoms with Crippen molar-refractivity contribution in [3.63, 3.8) is 0 Å². The lowest BCUT2D eigenvalue weighted by Crippen LogP contribution is -2.01. The predicted molar refractivity (Wildman–Crippen MR) is 79.1 cm³/mol. The highest BCUT2D eigenvalue weighted by molar-refractivity contribution is 5.66. The van der Waals surface area contributed by atoms with Gasteiger partial charge in [-0.25, -0.2) is 0 Å². The zero-order valence-corrected chi connectivity index (χ0v) is 11.9. The third-order valence-corrected chi connectivity index (χ3v) is 2.20. The molecule has 0 fully saturated rings. The van der Waals surface area contributed by atoms with Crippen LogP contribution in [0.4, 0.5) is 5.69 Å². The second-order valence-electron chi connectivity index (χ2n) is 3.16. The first-order valence-corrected chi connectivity index (χ1v) is 5.96. The van der Waals surface area contributed by atoms with Crippen LogP contribution in [-0.2, 0) is 0 Å². The summed E-state index contributed by atoms with van der Waals surface area (Å²) in [6.07, 6.45) is 5.21. The molecular formula is C14H23N3O. The molecule has 0 spiro atoms. The van der Waals surface area contributed by atoms with E-state index in [-0.39, 0.29) is 0 Å². The summed E-state index contributed by atoms with van der Waals surface area (Å²) in [4.78, 5) is 0. The van der Waals surface area contributed by atoms with Gasteiger partial charge in [0, 0.05) is 7.05 Å². The van der Waals surface area contributed by atoms with Gasteiger partial charge in [-0.05, 0) is 19.1 Å². The van der Waals surface area contributed by atoms with Gasteiger partial charge >= 0.3 is 0 Å². The number of hydrogen-bond acceptors (Lipinski definition) is 3. The van der Waals surface area contributed by atoms with Crippen LogP contribution in [0.1, 0.15) is 19.5 Å². The van der Waals surface area contributed by atoms with Crippen molar-refractivity contribution in [3.05, 3.63) is 37.1 Å². The Morgan fingerprint density at radius 3 is 2.39 bits per heavy atom. The molecule has 4 heteroatoms. The fourth-order valence-corrected chi connectivity index (χ4v) is 1.50. The second-order valence-corrected chi connectivity index (χ2v) is 3.16. The average Bonchev–Trinajstić information content (AvgIpc) is 2.73. The summed E-state index contributed by atoms with van der Waals surface area (Å²) in [5, 5.41) is 7.44. The minimum atomic E-state index is 0.660. The number of nitrogens with zero attached hydrogens (tertiary/aromatic N) is 2. The van der Waals surface area contributed by atoms with Crippen LogP contribution in [0.3, 0.4) is 0 Å². The molecule has 0 amide bonds. The molecule has 0 aliphatic rings. The van der Waals surface area contributed by atoms with E-state index in [2.05, 4.69) is 23.6 Å². The third-order valence-electron chi connectivity index (χ3n) is 2.20. The minimum Gasteiger partial charge on any atom is -0.479 e. The summed E-state index contributed by atoms with van der Waals surface area (Å²) in [7, 11) is 3.45. The van der Waals surface area contributed by atoms with Crippen molar-refractivity contribution in [3.8, 4) is 5.88 Å². The van der Waals surface area contributed by atoms with Crippen molar-refractivity contribution < 1.29 is 4.74 Å². The van der Waals surface area contributed by atoms with Crippen LogP contribution in [0.5, 0.6) is 5.88 Å². The molecule has 1 aromatic rings. The van der Waals surface area contributed by atoms with E-state index >= 15 is 0 Å². The van der Waals surface area contributed by atoms with Crippen LogP contribution < -0.4 is 10.1 Å². The lowest BCUT2D eigenvalue weighted by atomic mass is 10.3. The second kappa shape index (κ2) is 8.17. The number of aromatic nitrogens is 2.